The summed E-state index contributed by atoms with van der Waals surface area (Å²) in [5, 5.41) is 23.4. The number of hydrogen-bond acceptors (Lipinski definition) is 5. The summed E-state index contributed by atoms with van der Waals surface area (Å²) in [6.45, 7) is 4.98. The SMILES string of the molecule is CCCCCC/C=C\C/C=C\CCCCCCCCCC(=O)OCCCCCCCCCCCCCCCCC/C=C\C/C=C\CCCCCCCCCCCCCCCCCCCC(=O)NC(CO)C(O)CCCCCCCCCCCCCCCCCCC. The van der Waals surface area contributed by atoms with Gasteiger partial charge in [-0.05, 0) is 89.9 Å². The molecule has 0 aliphatic heterocycles. The van der Waals surface area contributed by atoms with E-state index >= 15 is 0 Å². The van der Waals surface area contributed by atoms with Crippen LogP contribution in [0.25, 0.3) is 0 Å². The van der Waals surface area contributed by atoms with Crippen molar-refractivity contribution in [3.8, 4) is 0 Å². The summed E-state index contributed by atoms with van der Waals surface area (Å²) in [5.74, 6) is -0.0145. The Morgan fingerprint density at radius 2 is 0.549 bits per heavy atom. The molecule has 1 amide bonds. The minimum Gasteiger partial charge on any atom is -0.466 e. The number of carbonyl (C=O) groups is 2. The molecule has 0 aromatic rings. The van der Waals surface area contributed by atoms with E-state index in [9.17, 15) is 19.8 Å². The molecule has 91 heavy (non-hydrogen) atoms. The monoisotopic (exact) mass is 1280 g/mol. The summed E-state index contributed by atoms with van der Waals surface area (Å²) < 4.78 is 5.51. The Labute approximate surface area is 569 Å². The molecule has 0 aromatic carbocycles. The van der Waals surface area contributed by atoms with E-state index < -0.39 is 12.1 Å². The smallest absolute Gasteiger partial charge is 0.305 e. The Bertz CT molecular complexity index is 1520. The molecular formula is C85H161NO5. The lowest BCUT2D eigenvalue weighted by molar-refractivity contribution is -0.143. The van der Waals surface area contributed by atoms with Crippen molar-refractivity contribution in [1.29, 1.82) is 0 Å². The van der Waals surface area contributed by atoms with Crippen LogP contribution in [0.15, 0.2) is 48.6 Å². The minimum atomic E-state index is -0.663. The van der Waals surface area contributed by atoms with E-state index in [1.165, 1.54) is 366 Å². The third-order valence-electron chi connectivity index (χ3n) is 19.4. The van der Waals surface area contributed by atoms with Gasteiger partial charge in [0.15, 0.2) is 0 Å². The second kappa shape index (κ2) is 80.3. The highest BCUT2D eigenvalue weighted by Crippen LogP contribution is 2.20. The Hall–Kier alpha value is -2.18. The Morgan fingerprint density at radius 1 is 0.308 bits per heavy atom. The van der Waals surface area contributed by atoms with Crippen molar-refractivity contribution >= 4 is 11.9 Å². The number of aliphatic hydroxyl groups excluding tert-OH is 2. The van der Waals surface area contributed by atoms with Gasteiger partial charge in [0, 0.05) is 12.8 Å². The molecule has 2 atom stereocenters. The highest BCUT2D eigenvalue weighted by Gasteiger charge is 2.20. The quantitative estimate of drug-likeness (QED) is 0.0320. The molecule has 0 saturated heterocycles. The minimum absolute atomic E-state index is 0.0135. The number of allylic oxidation sites excluding steroid dienone is 8. The first-order valence-corrected chi connectivity index (χ1v) is 41.4. The zero-order valence-corrected chi connectivity index (χ0v) is 61.6. The van der Waals surface area contributed by atoms with Crippen molar-refractivity contribution in [2.24, 2.45) is 0 Å². The molecule has 0 heterocycles. The van der Waals surface area contributed by atoms with Crippen molar-refractivity contribution in [2.75, 3.05) is 13.2 Å². The van der Waals surface area contributed by atoms with E-state index in [0.717, 1.165) is 57.8 Å². The zero-order valence-electron chi connectivity index (χ0n) is 61.6. The lowest BCUT2D eigenvalue weighted by Crippen LogP contribution is -2.45. The van der Waals surface area contributed by atoms with Gasteiger partial charge in [-0.2, -0.15) is 0 Å². The molecule has 0 aromatic heterocycles. The number of carbonyl (C=O) groups excluding carboxylic acids is 2. The first-order valence-electron chi connectivity index (χ1n) is 41.4. The normalized spacial score (nSPS) is 12.7. The van der Waals surface area contributed by atoms with Gasteiger partial charge in [-0.1, -0.05) is 403 Å². The second-order valence-electron chi connectivity index (χ2n) is 28.5. The summed E-state index contributed by atoms with van der Waals surface area (Å²) in [6, 6.07) is -0.540. The molecule has 536 valence electrons. The second-order valence-corrected chi connectivity index (χ2v) is 28.5. The van der Waals surface area contributed by atoms with Crippen LogP contribution in [0.5, 0.6) is 0 Å². The highest BCUT2D eigenvalue weighted by molar-refractivity contribution is 5.76. The molecule has 6 nitrogen and oxygen atoms in total. The third kappa shape index (κ3) is 76.7. The first kappa shape index (κ1) is 88.8. The van der Waals surface area contributed by atoms with E-state index in [1.807, 2.05) is 0 Å². The molecule has 0 fully saturated rings. The van der Waals surface area contributed by atoms with Crippen molar-refractivity contribution < 1.29 is 24.5 Å². The molecule has 0 aliphatic rings. The zero-order chi connectivity index (χ0) is 65.6. The summed E-state index contributed by atoms with van der Waals surface area (Å²) in [4.78, 5) is 24.7. The maximum absolute atomic E-state index is 12.5. The van der Waals surface area contributed by atoms with Gasteiger partial charge < -0.3 is 20.3 Å². The Morgan fingerprint density at radius 3 is 0.846 bits per heavy atom. The van der Waals surface area contributed by atoms with Gasteiger partial charge in [-0.15, -0.1) is 0 Å². The molecule has 0 radical (unpaired) electrons. The van der Waals surface area contributed by atoms with Crippen molar-refractivity contribution in [3.63, 3.8) is 0 Å². The summed E-state index contributed by atoms with van der Waals surface area (Å²) >= 11 is 0. The van der Waals surface area contributed by atoms with Crippen LogP contribution in [0.3, 0.4) is 0 Å². The summed E-state index contributed by atoms with van der Waals surface area (Å²) in [7, 11) is 0. The van der Waals surface area contributed by atoms with Crippen LogP contribution in [0, 0.1) is 0 Å². The van der Waals surface area contributed by atoms with Gasteiger partial charge in [-0.25, -0.2) is 0 Å². The van der Waals surface area contributed by atoms with Gasteiger partial charge in [0.2, 0.25) is 5.91 Å². The van der Waals surface area contributed by atoms with Crippen LogP contribution in [0.4, 0.5) is 0 Å². The molecule has 0 aliphatic carbocycles. The number of hydrogen-bond donors (Lipinski definition) is 3. The van der Waals surface area contributed by atoms with E-state index in [0.29, 0.717) is 25.9 Å². The van der Waals surface area contributed by atoms with Gasteiger partial charge in [0.1, 0.15) is 0 Å². The molecule has 0 rings (SSSR count). The Balaban J connectivity index is 3.35. The predicted molar refractivity (Wildman–Crippen MR) is 402 cm³/mol. The predicted octanol–water partition coefficient (Wildman–Crippen LogP) is 27.5. The number of unbranched alkanes of at least 4 members (excludes halogenated alkanes) is 59. The topological polar surface area (TPSA) is 95.9 Å². The molecule has 3 N–H and O–H groups in total. The number of rotatable bonds is 78. The van der Waals surface area contributed by atoms with Crippen LogP contribution in [0.1, 0.15) is 457 Å². The van der Waals surface area contributed by atoms with Crippen LogP contribution < -0.4 is 5.32 Å². The van der Waals surface area contributed by atoms with E-state index in [4.69, 9.17) is 4.74 Å². The molecule has 0 spiro atoms. The lowest BCUT2D eigenvalue weighted by atomic mass is 10.0. The van der Waals surface area contributed by atoms with Crippen molar-refractivity contribution in [2.45, 2.75) is 469 Å². The third-order valence-corrected chi connectivity index (χ3v) is 19.4. The van der Waals surface area contributed by atoms with Crippen LogP contribution in [-0.4, -0.2) is 47.4 Å². The fraction of sp³-hybridized carbons (Fsp3) is 0.882. The average molecular weight is 1280 g/mol. The van der Waals surface area contributed by atoms with Crippen LogP contribution in [-0.2, 0) is 14.3 Å². The lowest BCUT2D eigenvalue weighted by Gasteiger charge is -2.22. The number of ether oxygens (including phenoxy) is 1. The fourth-order valence-corrected chi connectivity index (χ4v) is 13.1. The van der Waals surface area contributed by atoms with Crippen molar-refractivity contribution in [1.82, 2.24) is 5.32 Å². The molecule has 0 bridgehead atoms. The summed E-state index contributed by atoms with van der Waals surface area (Å²) in [6.07, 6.45) is 107. The molecule has 6 heteroatoms. The van der Waals surface area contributed by atoms with Crippen LogP contribution in [0.2, 0.25) is 0 Å². The van der Waals surface area contributed by atoms with Crippen LogP contribution >= 0.6 is 0 Å². The van der Waals surface area contributed by atoms with E-state index in [1.54, 1.807) is 0 Å². The average Bonchev–Trinajstić information content (AvgIpc) is 3.73. The standard InChI is InChI=1S/C85H161NO5/c1-3-5-7-9-11-13-15-17-19-21-47-51-55-59-63-67-71-75-79-85(90)91-80-76-72-68-64-60-56-52-48-44-42-40-38-36-34-32-30-28-26-24-22-23-25-27-29-31-33-35-37-39-41-43-46-50-54-58-62-66-70-74-78-84(89)86-82(81-87)83(88)77-73-69-65-61-57-53-49-45-20-18-16-14-12-10-8-6-4-2/h13,15,19,21-23,26,28,82-83,87-88H,3-12,14,16-18,20,24-25,27,29-81H2,1-2H3,(H,86,89)/b15-13-,21-19-,23-22-,28-26-. The first-order chi connectivity index (χ1) is 45.0. The van der Waals surface area contributed by atoms with Gasteiger partial charge >= 0.3 is 5.97 Å². The largest absolute Gasteiger partial charge is 0.466 e. The maximum atomic E-state index is 12.5. The number of aliphatic hydroxyl groups is 2. The molecule has 0 saturated carbocycles. The number of nitrogens with one attached hydrogen (secondary N) is 1. The summed E-state index contributed by atoms with van der Waals surface area (Å²) in [5.41, 5.74) is 0. The number of esters is 1. The molecular weight excluding hydrogens is 1110 g/mol. The van der Waals surface area contributed by atoms with Gasteiger partial charge in [-0.3, -0.25) is 9.59 Å². The van der Waals surface area contributed by atoms with E-state index in [2.05, 4.69) is 67.8 Å². The highest BCUT2D eigenvalue weighted by atomic mass is 16.5. The maximum Gasteiger partial charge on any atom is 0.305 e. The van der Waals surface area contributed by atoms with Crippen molar-refractivity contribution in [3.05, 3.63) is 48.6 Å². The van der Waals surface area contributed by atoms with Gasteiger partial charge in [0.25, 0.3) is 0 Å². The fourth-order valence-electron chi connectivity index (χ4n) is 13.1. The number of amides is 1. The molecule has 2 unspecified atom stereocenters. The van der Waals surface area contributed by atoms with E-state index in [-0.39, 0.29) is 18.5 Å². The Kier molecular flexibility index (Phi) is 78.3. The van der Waals surface area contributed by atoms with Gasteiger partial charge in [0.05, 0.1) is 25.4 Å².